The van der Waals surface area contributed by atoms with Gasteiger partial charge >= 0.3 is 0 Å². The summed E-state index contributed by atoms with van der Waals surface area (Å²) in [5.74, 6) is 1.10. The minimum absolute atomic E-state index is 0.00671. The van der Waals surface area contributed by atoms with Gasteiger partial charge in [-0.25, -0.2) is 4.98 Å². The first-order chi connectivity index (χ1) is 9.02. The predicted octanol–water partition coefficient (Wildman–Crippen LogP) is 2.84. The van der Waals surface area contributed by atoms with E-state index in [4.69, 9.17) is 4.42 Å². The Labute approximate surface area is 110 Å². The number of aromatic nitrogens is 1. The Bertz CT molecular complexity index is 607. The van der Waals surface area contributed by atoms with Crippen LogP contribution in [0.15, 0.2) is 28.8 Å². The molecule has 1 atom stereocenters. The molecule has 6 heteroatoms. The molecule has 0 spiro atoms. The monoisotopic (exact) mass is 261 g/mol. The van der Waals surface area contributed by atoms with Crippen LogP contribution in [0.5, 0.6) is 0 Å². The second-order valence-electron chi connectivity index (χ2n) is 4.33. The number of benzene rings is 1. The third kappa shape index (κ3) is 2.63. The predicted molar refractivity (Wildman–Crippen MR) is 70.8 cm³/mol. The van der Waals surface area contributed by atoms with Crippen molar-refractivity contribution in [1.29, 1.82) is 0 Å². The van der Waals surface area contributed by atoms with E-state index in [9.17, 15) is 10.1 Å². The molecule has 0 saturated carbocycles. The van der Waals surface area contributed by atoms with E-state index >= 15 is 0 Å². The smallest absolute Gasteiger partial charge is 0.270 e. The summed E-state index contributed by atoms with van der Waals surface area (Å²) in [6, 6.07) is 4.68. The Balaban J connectivity index is 2.43. The lowest BCUT2D eigenvalue weighted by atomic mass is 10.1. The molecule has 1 unspecified atom stereocenters. The molecule has 2 rings (SSSR count). The van der Waals surface area contributed by atoms with E-state index in [0.717, 1.165) is 5.56 Å². The topological polar surface area (TPSA) is 81.2 Å². The highest BCUT2D eigenvalue weighted by Crippen LogP contribution is 2.29. The van der Waals surface area contributed by atoms with Gasteiger partial charge in [0.05, 0.1) is 17.2 Å². The molecule has 0 amide bonds. The van der Waals surface area contributed by atoms with Crippen molar-refractivity contribution >= 4 is 5.69 Å². The summed E-state index contributed by atoms with van der Waals surface area (Å²) in [4.78, 5) is 14.6. The van der Waals surface area contributed by atoms with Crippen LogP contribution in [0.25, 0.3) is 11.3 Å². The molecule has 6 nitrogen and oxygen atoms in total. The highest BCUT2D eigenvalue weighted by atomic mass is 16.6. The van der Waals surface area contributed by atoms with Gasteiger partial charge in [0, 0.05) is 17.7 Å². The van der Waals surface area contributed by atoms with Gasteiger partial charge in [-0.1, -0.05) is 6.07 Å². The van der Waals surface area contributed by atoms with Crippen molar-refractivity contribution in [1.82, 2.24) is 10.3 Å². The molecule has 1 heterocycles. The van der Waals surface area contributed by atoms with Gasteiger partial charge in [0.25, 0.3) is 5.69 Å². The standard InChI is InChI=1S/C13H15N3O3/c1-8-4-5-10(16(17)18)6-11(8)12-7-15-13(19-12)9(2)14-3/h4-7,9,14H,1-3H3. The first kappa shape index (κ1) is 13.2. The molecule has 100 valence electrons. The lowest BCUT2D eigenvalue weighted by molar-refractivity contribution is -0.384. The Morgan fingerprint density at radius 3 is 2.84 bits per heavy atom. The van der Waals surface area contributed by atoms with Crippen molar-refractivity contribution in [2.75, 3.05) is 7.05 Å². The Morgan fingerprint density at radius 1 is 1.47 bits per heavy atom. The molecule has 1 aromatic carbocycles. The molecule has 2 aromatic rings. The summed E-state index contributed by atoms with van der Waals surface area (Å²) in [5.41, 5.74) is 1.64. The zero-order valence-corrected chi connectivity index (χ0v) is 11.0. The molecule has 0 saturated heterocycles. The Hall–Kier alpha value is -2.21. The molecule has 0 aliphatic rings. The van der Waals surface area contributed by atoms with E-state index < -0.39 is 4.92 Å². The number of oxazole rings is 1. The minimum Gasteiger partial charge on any atom is -0.439 e. The van der Waals surface area contributed by atoms with Gasteiger partial charge < -0.3 is 9.73 Å². The van der Waals surface area contributed by atoms with Crippen LogP contribution in [0.1, 0.15) is 24.4 Å². The molecule has 0 aliphatic heterocycles. The number of rotatable bonds is 4. The lowest BCUT2D eigenvalue weighted by Crippen LogP contribution is -2.12. The van der Waals surface area contributed by atoms with Gasteiger partial charge in [-0.2, -0.15) is 0 Å². The van der Waals surface area contributed by atoms with Crippen molar-refractivity contribution in [3.63, 3.8) is 0 Å². The second-order valence-corrected chi connectivity index (χ2v) is 4.33. The quantitative estimate of drug-likeness (QED) is 0.676. The van der Waals surface area contributed by atoms with Crippen molar-refractivity contribution in [2.24, 2.45) is 0 Å². The summed E-state index contributed by atoms with van der Waals surface area (Å²) >= 11 is 0. The number of aryl methyl sites for hydroxylation is 1. The highest BCUT2D eigenvalue weighted by molar-refractivity contribution is 5.64. The summed E-state index contributed by atoms with van der Waals surface area (Å²) in [7, 11) is 1.81. The zero-order chi connectivity index (χ0) is 14.0. The SMILES string of the molecule is CNC(C)c1ncc(-c2cc([N+](=O)[O-])ccc2C)o1. The van der Waals surface area contributed by atoms with Crippen molar-refractivity contribution < 1.29 is 9.34 Å². The number of hydrogen-bond acceptors (Lipinski definition) is 5. The molecule has 1 N–H and O–H groups in total. The van der Waals surface area contributed by atoms with Crippen LogP contribution in [-0.2, 0) is 0 Å². The second kappa shape index (κ2) is 5.19. The molecule has 0 radical (unpaired) electrons. The summed E-state index contributed by atoms with van der Waals surface area (Å²) in [6.07, 6.45) is 1.59. The molecule has 0 bridgehead atoms. The van der Waals surface area contributed by atoms with E-state index in [0.29, 0.717) is 17.2 Å². The largest absolute Gasteiger partial charge is 0.439 e. The van der Waals surface area contributed by atoms with E-state index in [1.54, 1.807) is 12.3 Å². The molecule has 19 heavy (non-hydrogen) atoms. The van der Waals surface area contributed by atoms with Crippen LogP contribution in [0, 0.1) is 17.0 Å². The molecule has 1 aromatic heterocycles. The van der Waals surface area contributed by atoms with E-state index in [2.05, 4.69) is 10.3 Å². The van der Waals surface area contributed by atoms with Crippen molar-refractivity contribution in [3.8, 4) is 11.3 Å². The van der Waals surface area contributed by atoms with Crippen molar-refractivity contribution in [3.05, 3.63) is 46.0 Å². The highest BCUT2D eigenvalue weighted by Gasteiger charge is 2.15. The van der Waals surface area contributed by atoms with Gasteiger partial charge in [-0.3, -0.25) is 10.1 Å². The molecular weight excluding hydrogens is 246 g/mol. The van der Waals surface area contributed by atoms with Gasteiger partial charge in [0.15, 0.2) is 5.76 Å². The fourth-order valence-electron chi connectivity index (χ4n) is 1.72. The fourth-order valence-corrected chi connectivity index (χ4v) is 1.72. The molecule has 0 fully saturated rings. The van der Waals surface area contributed by atoms with E-state index in [1.165, 1.54) is 12.1 Å². The van der Waals surface area contributed by atoms with Crippen LogP contribution in [-0.4, -0.2) is 17.0 Å². The van der Waals surface area contributed by atoms with Crippen LogP contribution in [0.2, 0.25) is 0 Å². The minimum atomic E-state index is -0.420. The number of nitro groups is 1. The number of hydrogen-bond donors (Lipinski definition) is 1. The maximum Gasteiger partial charge on any atom is 0.270 e. The van der Waals surface area contributed by atoms with Gasteiger partial charge in [-0.05, 0) is 26.5 Å². The third-order valence-corrected chi connectivity index (χ3v) is 3.02. The van der Waals surface area contributed by atoms with Crippen LogP contribution < -0.4 is 5.32 Å². The molecule has 0 aliphatic carbocycles. The van der Waals surface area contributed by atoms with Crippen LogP contribution in [0.3, 0.4) is 0 Å². The van der Waals surface area contributed by atoms with E-state index in [1.807, 2.05) is 20.9 Å². The fraction of sp³-hybridized carbons (Fsp3) is 0.308. The zero-order valence-electron chi connectivity index (χ0n) is 11.0. The number of nitrogens with one attached hydrogen (secondary N) is 1. The third-order valence-electron chi connectivity index (χ3n) is 3.02. The normalized spacial score (nSPS) is 12.4. The number of non-ortho nitro benzene ring substituents is 1. The van der Waals surface area contributed by atoms with Crippen LogP contribution in [0.4, 0.5) is 5.69 Å². The Morgan fingerprint density at radius 2 is 2.21 bits per heavy atom. The summed E-state index contributed by atoms with van der Waals surface area (Å²) in [6.45, 7) is 3.80. The number of nitrogens with zero attached hydrogens (tertiary/aromatic N) is 2. The number of nitro benzene ring substituents is 1. The Kier molecular flexibility index (Phi) is 3.62. The van der Waals surface area contributed by atoms with Gasteiger partial charge in [0.2, 0.25) is 5.89 Å². The average Bonchev–Trinajstić information content (AvgIpc) is 2.87. The summed E-state index contributed by atoms with van der Waals surface area (Å²) in [5, 5.41) is 13.8. The van der Waals surface area contributed by atoms with Gasteiger partial charge in [0.1, 0.15) is 0 Å². The lowest BCUT2D eigenvalue weighted by Gasteiger charge is -2.05. The van der Waals surface area contributed by atoms with Gasteiger partial charge in [-0.15, -0.1) is 0 Å². The summed E-state index contributed by atoms with van der Waals surface area (Å²) < 4.78 is 5.64. The van der Waals surface area contributed by atoms with E-state index in [-0.39, 0.29) is 11.7 Å². The molecular formula is C13H15N3O3. The average molecular weight is 261 g/mol. The first-order valence-electron chi connectivity index (χ1n) is 5.91. The van der Waals surface area contributed by atoms with Crippen molar-refractivity contribution in [2.45, 2.75) is 19.9 Å². The maximum absolute atomic E-state index is 10.8. The van der Waals surface area contributed by atoms with Crippen LogP contribution >= 0.6 is 0 Å². The first-order valence-corrected chi connectivity index (χ1v) is 5.91. The maximum atomic E-state index is 10.8.